The molecule has 2 aromatic rings. The number of hydrogen-bond acceptors (Lipinski definition) is 3. The average Bonchev–Trinajstić information content (AvgIpc) is 2.54. The maximum absolute atomic E-state index is 13.9. The molecular weight excluding hydrogens is 394 g/mol. The predicted octanol–water partition coefficient (Wildman–Crippen LogP) is 4.74. The normalized spacial score (nSPS) is 12.1. The van der Waals surface area contributed by atoms with E-state index in [-0.39, 0.29) is 18.1 Å². The third-order valence-electron chi connectivity index (χ3n) is 3.48. The number of hydrogen-bond donors (Lipinski definition) is 1. The molecule has 0 saturated heterocycles. The molecule has 2 aromatic carbocycles. The summed E-state index contributed by atoms with van der Waals surface area (Å²) in [6.45, 7) is 1.62. The van der Waals surface area contributed by atoms with Crippen molar-refractivity contribution >= 4 is 33.2 Å². The van der Waals surface area contributed by atoms with Gasteiger partial charge in [0.2, 0.25) is 0 Å². The Bertz CT molecular complexity index is 769. The van der Waals surface area contributed by atoms with E-state index in [4.69, 9.17) is 0 Å². The van der Waals surface area contributed by atoms with Crippen molar-refractivity contribution in [3.8, 4) is 5.75 Å². The minimum absolute atomic E-state index is 0.106. The van der Waals surface area contributed by atoms with Crippen molar-refractivity contribution in [3.63, 3.8) is 0 Å². The summed E-state index contributed by atoms with van der Waals surface area (Å²) in [6, 6.07) is 12.4. The number of Topliss-reactive ketones (excluding diaryl/α,β-unsaturated/α-hetero) is 1. The van der Waals surface area contributed by atoms with Crippen LogP contribution in [-0.2, 0) is 6.54 Å². The number of carbonyl (C=O) groups excluding carboxylic acids is 1. The van der Waals surface area contributed by atoms with E-state index in [0.717, 1.165) is 5.56 Å². The number of phenolic OH excluding ortho intramolecular Hbond substituents is 1. The van der Waals surface area contributed by atoms with Crippen LogP contribution in [0, 0.1) is 0 Å². The third kappa shape index (κ3) is 5.35. The van der Waals surface area contributed by atoms with Gasteiger partial charge in [-0.15, -0.1) is 0 Å². The first kappa shape index (κ1) is 19.1. The maximum Gasteiger partial charge on any atom is 0.357 e. The molecule has 1 N–H and O–H groups in total. The highest BCUT2D eigenvalue weighted by molar-refractivity contribution is 9.10. The number of aromatic hydroxyl groups is 1. The second-order valence-corrected chi connectivity index (χ2v) is 6.55. The summed E-state index contributed by atoms with van der Waals surface area (Å²) in [5.41, 5.74) is 1.55. The van der Waals surface area contributed by atoms with Crippen LogP contribution in [0.4, 0.5) is 14.5 Å². The standard InChI is InChI=1S/C18H17BrF2N2O2/c1-12(24)14-5-7-15(8-6-14)22-17(18(19,20)21)23(2)11-13-3-9-16(25)10-4-13/h3-10,25H,11H2,1-2H3. The van der Waals surface area contributed by atoms with Crippen LogP contribution in [0.15, 0.2) is 53.5 Å². The number of halogens is 3. The van der Waals surface area contributed by atoms with Gasteiger partial charge in [0.15, 0.2) is 11.6 Å². The molecule has 2 rings (SSSR count). The Morgan fingerprint density at radius 3 is 2.20 bits per heavy atom. The van der Waals surface area contributed by atoms with Crippen molar-refractivity contribution < 1.29 is 18.7 Å². The topological polar surface area (TPSA) is 52.9 Å². The lowest BCUT2D eigenvalue weighted by atomic mass is 10.1. The van der Waals surface area contributed by atoms with Gasteiger partial charge in [-0.25, -0.2) is 4.99 Å². The van der Waals surface area contributed by atoms with E-state index in [1.165, 1.54) is 43.1 Å². The van der Waals surface area contributed by atoms with Crippen LogP contribution in [0.3, 0.4) is 0 Å². The van der Waals surface area contributed by atoms with Gasteiger partial charge in [0.25, 0.3) is 0 Å². The van der Waals surface area contributed by atoms with Gasteiger partial charge in [0, 0.05) is 19.2 Å². The molecule has 4 nitrogen and oxygen atoms in total. The highest BCUT2D eigenvalue weighted by atomic mass is 79.9. The van der Waals surface area contributed by atoms with Crippen molar-refractivity contribution in [2.24, 2.45) is 4.99 Å². The number of phenols is 1. The summed E-state index contributed by atoms with van der Waals surface area (Å²) in [5, 5.41) is 9.30. The summed E-state index contributed by atoms with van der Waals surface area (Å²) in [4.78, 5) is 13.3. The van der Waals surface area contributed by atoms with E-state index < -0.39 is 10.7 Å². The molecule has 0 saturated carbocycles. The van der Waals surface area contributed by atoms with E-state index in [9.17, 15) is 18.7 Å². The van der Waals surface area contributed by atoms with Crippen molar-refractivity contribution in [1.82, 2.24) is 4.90 Å². The maximum atomic E-state index is 13.9. The molecule has 0 aliphatic rings. The number of carbonyl (C=O) groups is 1. The summed E-state index contributed by atoms with van der Waals surface area (Å²) in [5.74, 6) is -0.459. The van der Waals surface area contributed by atoms with Gasteiger partial charge in [0.05, 0.1) is 5.69 Å². The molecule has 0 amide bonds. The molecule has 0 unspecified atom stereocenters. The number of rotatable bonds is 5. The lowest BCUT2D eigenvalue weighted by Crippen LogP contribution is -2.37. The minimum atomic E-state index is -3.32. The Kier molecular flexibility index (Phi) is 5.89. The molecule has 0 heterocycles. The Labute approximate surface area is 152 Å². The van der Waals surface area contributed by atoms with Gasteiger partial charge >= 0.3 is 4.83 Å². The number of alkyl halides is 3. The molecule has 0 bridgehead atoms. The number of nitrogens with zero attached hydrogens (tertiary/aromatic N) is 2. The SMILES string of the molecule is CC(=O)c1ccc(N=C(N(C)Cc2ccc(O)cc2)C(F)(F)Br)cc1. The Morgan fingerprint density at radius 1 is 1.16 bits per heavy atom. The molecule has 0 fully saturated rings. The lowest BCUT2D eigenvalue weighted by molar-refractivity contribution is 0.101. The molecule has 0 atom stereocenters. The average molecular weight is 411 g/mol. The number of amidine groups is 1. The molecule has 7 heteroatoms. The van der Waals surface area contributed by atoms with Gasteiger partial charge < -0.3 is 10.0 Å². The van der Waals surface area contributed by atoms with Gasteiger partial charge in [-0.3, -0.25) is 4.79 Å². The van der Waals surface area contributed by atoms with Crippen molar-refractivity contribution in [2.45, 2.75) is 18.3 Å². The third-order valence-corrected chi connectivity index (χ3v) is 3.83. The fourth-order valence-corrected chi connectivity index (χ4v) is 2.60. The van der Waals surface area contributed by atoms with Crippen molar-refractivity contribution in [3.05, 3.63) is 59.7 Å². The van der Waals surface area contributed by atoms with E-state index in [1.54, 1.807) is 24.3 Å². The molecule has 132 valence electrons. The Morgan fingerprint density at radius 2 is 1.72 bits per heavy atom. The smallest absolute Gasteiger partial charge is 0.357 e. The van der Waals surface area contributed by atoms with Crippen LogP contribution in [0.1, 0.15) is 22.8 Å². The quantitative estimate of drug-likeness (QED) is 0.335. The van der Waals surface area contributed by atoms with Gasteiger partial charge in [-0.2, -0.15) is 8.78 Å². The summed E-state index contributed by atoms with van der Waals surface area (Å²) in [7, 11) is 1.50. The van der Waals surface area contributed by atoms with Crippen molar-refractivity contribution in [1.29, 1.82) is 0 Å². The van der Waals surface area contributed by atoms with E-state index >= 15 is 0 Å². The highest BCUT2D eigenvalue weighted by Gasteiger charge is 2.35. The first-order chi connectivity index (χ1) is 11.7. The second kappa shape index (κ2) is 7.74. The summed E-state index contributed by atoms with van der Waals surface area (Å²) >= 11 is 2.37. The molecule has 0 aliphatic carbocycles. The summed E-state index contributed by atoms with van der Waals surface area (Å²) in [6.07, 6.45) is 0. The largest absolute Gasteiger partial charge is 0.508 e. The van der Waals surface area contributed by atoms with Crippen molar-refractivity contribution in [2.75, 3.05) is 7.05 Å². The first-order valence-electron chi connectivity index (χ1n) is 7.43. The van der Waals surface area contributed by atoms with Crippen LogP contribution in [-0.4, -0.2) is 33.5 Å². The summed E-state index contributed by atoms with van der Waals surface area (Å²) < 4.78 is 27.9. The minimum Gasteiger partial charge on any atom is -0.508 e. The second-order valence-electron chi connectivity index (χ2n) is 5.56. The zero-order valence-corrected chi connectivity index (χ0v) is 15.3. The molecule has 0 aliphatic heterocycles. The molecule has 0 spiro atoms. The predicted molar refractivity (Wildman–Crippen MR) is 97.0 cm³/mol. The lowest BCUT2D eigenvalue weighted by Gasteiger charge is -2.24. The van der Waals surface area contributed by atoms with Crippen LogP contribution in [0.2, 0.25) is 0 Å². The van der Waals surface area contributed by atoms with Crippen LogP contribution < -0.4 is 0 Å². The van der Waals surface area contributed by atoms with Crippen LogP contribution in [0.25, 0.3) is 0 Å². The molecule has 0 aromatic heterocycles. The fraction of sp³-hybridized carbons (Fsp3) is 0.222. The van der Waals surface area contributed by atoms with Gasteiger partial charge in [0.1, 0.15) is 5.75 Å². The highest BCUT2D eigenvalue weighted by Crippen LogP contribution is 2.29. The van der Waals surface area contributed by atoms with Gasteiger partial charge in [-0.1, -0.05) is 12.1 Å². The molecular formula is C18H17BrF2N2O2. The zero-order valence-electron chi connectivity index (χ0n) is 13.7. The Hall–Kier alpha value is -2.28. The zero-order chi connectivity index (χ0) is 18.6. The monoisotopic (exact) mass is 410 g/mol. The number of aliphatic imine (C=N–C) groups is 1. The first-order valence-corrected chi connectivity index (χ1v) is 8.22. The van der Waals surface area contributed by atoms with Crippen LogP contribution >= 0.6 is 15.9 Å². The number of benzene rings is 2. The Balaban J connectivity index is 2.28. The molecule has 0 radical (unpaired) electrons. The fourth-order valence-electron chi connectivity index (χ4n) is 2.21. The van der Waals surface area contributed by atoms with E-state index in [0.29, 0.717) is 11.3 Å². The number of ketones is 1. The van der Waals surface area contributed by atoms with E-state index in [1.807, 2.05) is 0 Å². The molecule has 25 heavy (non-hydrogen) atoms. The van der Waals surface area contributed by atoms with Crippen LogP contribution in [0.5, 0.6) is 5.75 Å². The van der Waals surface area contributed by atoms with E-state index in [2.05, 4.69) is 20.9 Å². The van der Waals surface area contributed by atoms with Gasteiger partial charge in [-0.05, 0) is 64.8 Å².